The van der Waals surface area contributed by atoms with Crippen molar-refractivity contribution in [1.29, 1.82) is 0 Å². The lowest BCUT2D eigenvalue weighted by molar-refractivity contribution is -0.164. The normalized spacial score (nSPS) is 30.7. The third-order valence-electron chi connectivity index (χ3n) is 4.61. The first-order valence-electron chi connectivity index (χ1n) is 8.77. The van der Waals surface area contributed by atoms with Gasteiger partial charge in [-0.2, -0.15) is 0 Å². The first kappa shape index (κ1) is 15.3. The fourth-order valence-electron chi connectivity index (χ4n) is 3.73. The molecule has 2 rings (SSSR count). The molecule has 1 unspecified atom stereocenters. The van der Waals surface area contributed by atoms with Gasteiger partial charge < -0.3 is 10.0 Å². The molecule has 0 bridgehead atoms. The number of nitrogens with zero attached hydrogens (tertiary/aromatic N) is 1. The number of hydrogen-bond acceptors (Lipinski definition) is 4. The Hall–Kier alpha value is -0.610. The van der Waals surface area contributed by atoms with Crippen LogP contribution in [-0.2, 0) is 9.53 Å². The second-order valence-corrected chi connectivity index (χ2v) is 8.15. The van der Waals surface area contributed by atoms with Gasteiger partial charge in [-0.15, -0.1) is 0 Å². The van der Waals surface area contributed by atoms with E-state index in [-0.39, 0.29) is 23.3 Å². The second-order valence-electron chi connectivity index (χ2n) is 8.15. The summed E-state index contributed by atoms with van der Waals surface area (Å²) in [5, 5.41) is 1.68. The van der Waals surface area contributed by atoms with E-state index in [0.717, 1.165) is 39.0 Å². The van der Waals surface area contributed by atoms with Crippen molar-refractivity contribution in [2.45, 2.75) is 65.5 Å². The van der Waals surface area contributed by atoms with Crippen molar-refractivity contribution >= 4 is 5.97 Å². The number of piperidine rings is 1. The first-order chi connectivity index (χ1) is 10.1. The van der Waals surface area contributed by atoms with Crippen LogP contribution in [0.2, 0.25) is 1.41 Å². The summed E-state index contributed by atoms with van der Waals surface area (Å²) in [6.45, 7) is 13.5. The van der Waals surface area contributed by atoms with Crippen LogP contribution in [0.1, 0.15) is 53.9 Å². The van der Waals surface area contributed by atoms with Crippen LogP contribution in [0, 0.1) is 11.3 Å². The number of carbonyl (C=O) groups excluding carboxylic acids is 1. The van der Waals surface area contributed by atoms with Gasteiger partial charge in [0, 0.05) is 13.1 Å². The molecule has 0 amide bonds. The number of rotatable bonds is 3. The van der Waals surface area contributed by atoms with Crippen LogP contribution >= 0.6 is 0 Å². The van der Waals surface area contributed by atoms with Crippen molar-refractivity contribution in [2.75, 3.05) is 26.2 Å². The molecule has 0 aromatic carbocycles. The minimum absolute atomic E-state index is 0.0970. The average molecular weight is 298 g/mol. The highest BCUT2D eigenvalue weighted by Gasteiger charge is 2.42. The predicted octanol–water partition coefficient (Wildman–Crippen LogP) is 2.43. The lowest BCUT2D eigenvalue weighted by Crippen LogP contribution is -2.54. The Balaban J connectivity index is 2.10. The highest BCUT2D eigenvalue weighted by molar-refractivity contribution is 5.76. The number of likely N-dealkylation sites (tertiary alicyclic amines) is 1. The molecule has 2 saturated heterocycles. The zero-order chi connectivity index (χ0) is 16.5. The van der Waals surface area contributed by atoms with Gasteiger partial charge in [0.05, 0.1) is 0 Å². The summed E-state index contributed by atoms with van der Waals surface area (Å²) in [5.41, 5.74) is -0.238. The van der Waals surface area contributed by atoms with Gasteiger partial charge in [-0.25, -0.2) is 0 Å². The number of ether oxygens (including phenoxy) is 1. The van der Waals surface area contributed by atoms with E-state index in [1.165, 1.54) is 6.42 Å². The van der Waals surface area contributed by atoms with E-state index in [9.17, 15) is 4.79 Å². The molecule has 2 heterocycles. The van der Waals surface area contributed by atoms with E-state index in [4.69, 9.17) is 6.15 Å². The molecule has 2 atom stereocenters. The number of nitrogens with one attached hydrogen (secondary N) is 1. The summed E-state index contributed by atoms with van der Waals surface area (Å²) < 4.78 is 13.5. The van der Waals surface area contributed by atoms with Gasteiger partial charge in [-0.05, 0) is 64.5 Å². The smallest absolute Gasteiger partial charge is 0.324 e. The van der Waals surface area contributed by atoms with Crippen molar-refractivity contribution in [1.82, 2.24) is 10.2 Å². The van der Waals surface area contributed by atoms with Gasteiger partial charge in [0.15, 0.2) is 0 Å². The van der Waals surface area contributed by atoms with Crippen LogP contribution in [0.25, 0.3) is 0 Å². The van der Waals surface area contributed by atoms with Crippen molar-refractivity contribution < 1.29 is 10.9 Å². The van der Waals surface area contributed by atoms with Crippen LogP contribution in [0.4, 0.5) is 0 Å². The van der Waals surface area contributed by atoms with Crippen molar-refractivity contribution in [2.24, 2.45) is 11.3 Å². The summed E-state index contributed by atoms with van der Waals surface area (Å²) in [6.07, 6.45) is 3.37. The number of carbonyl (C=O) groups is 1. The van der Waals surface area contributed by atoms with E-state index in [2.05, 4.69) is 18.7 Å². The predicted molar refractivity (Wildman–Crippen MR) is 85.2 cm³/mol. The zero-order valence-electron chi connectivity index (χ0n) is 15.3. The summed E-state index contributed by atoms with van der Waals surface area (Å²) in [6, 6.07) is -0.170. The van der Waals surface area contributed by atoms with Crippen LogP contribution < -0.4 is 5.31 Å². The fourth-order valence-corrected chi connectivity index (χ4v) is 3.73. The van der Waals surface area contributed by atoms with Crippen molar-refractivity contribution in [3.05, 3.63) is 0 Å². The molecule has 0 aromatic rings. The molecular formula is C17H32N2O2. The second kappa shape index (κ2) is 6.25. The summed E-state index contributed by atoms with van der Waals surface area (Å²) in [5.74, 6) is 0.138. The van der Waals surface area contributed by atoms with Crippen molar-refractivity contribution in [3.63, 3.8) is 0 Å². The number of esters is 1. The third-order valence-corrected chi connectivity index (χ3v) is 4.61. The Morgan fingerprint density at radius 3 is 2.62 bits per heavy atom. The Labute approximate surface area is 131 Å². The minimum Gasteiger partial charge on any atom is -0.459 e. The molecule has 0 radical (unpaired) electrons. The minimum atomic E-state index is -0.441. The highest BCUT2D eigenvalue weighted by Crippen LogP contribution is 2.37. The van der Waals surface area contributed by atoms with E-state index in [1.54, 1.807) is 5.31 Å². The van der Waals surface area contributed by atoms with E-state index in [0.29, 0.717) is 0 Å². The summed E-state index contributed by atoms with van der Waals surface area (Å²) in [7, 11) is 0. The highest BCUT2D eigenvalue weighted by atomic mass is 16.6. The molecule has 2 fully saturated rings. The maximum Gasteiger partial charge on any atom is 0.324 e. The maximum atomic E-state index is 12.7. The average Bonchev–Trinajstić information content (AvgIpc) is 2.67. The molecule has 4 nitrogen and oxygen atoms in total. The SMILES string of the molecule is [3H]N1CCC2(CCCN([C@H](C(=O)OC(C)(C)C)C(C)C)C2)C1. The molecule has 0 saturated carbocycles. The zero-order valence-corrected chi connectivity index (χ0v) is 14.3. The lowest BCUT2D eigenvalue weighted by atomic mass is 9.78. The van der Waals surface area contributed by atoms with Crippen LogP contribution in [0.15, 0.2) is 0 Å². The van der Waals surface area contributed by atoms with Gasteiger partial charge in [0.1, 0.15) is 13.1 Å². The monoisotopic (exact) mass is 298 g/mol. The molecule has 0 aliphatic carbocycles. The standard InChI is InChI=1S/C17H32N2O2/c1-13(2)14(15(20)21-16(3,4)5)19-10-6-7-17(12-19)8-9-18-11-17/h13-14,18H,6-12H2,1-5H3/t14-,17?/m0/s1/i/hT. The molecule has 1 N–H and O–H groups in total. The Kier molecular flexibility index (Phi) is 4.55. The summed E-state index contributed by atoms with van der Waals surface area (Å²) >= 11 is 0. The van der Waals surface area contributed by atoms with Gasteiger partial charge >= 0.3 is 5.97 Å². The van der Waals surface area contributed by atoms with Gasteiger partial charge in [-0.3, -0.25) is 9.69 Å². The molecule has 21 heavy (non-hydrogen) atoms. The Morgan fingerprint density at radius 2 is 2.10 bits per heavy atom. The van der Waals surface area contributed by atoms with Crippen LogP contribution in [0.3, 0.4) is 0 Å². The van der Waals surface area contributed by atoms with E-state index in [1.807, 2.05) is 20.8 Å². The molecule has 2 aliphatic heterocycles. The molecule has 122 valence electrons. The van der Waals surface area contributed by atoms with E-state index >= 15 is 0 Å². The Bertz CT molecular complexity index is 404. The fraction of sp³-hybridized carbons (Fsp3) is 0.941. The summed E-state index contributed by atoms with van der Waals surface area (Å²) in [4.78, 5) is 15.0. The largest absolute Gasteiger partial charge is 0.459 e. The molecule has 2 aliphatic rings. The number of hydrogen-bond donors (Lipinski definition) is 1. The van der Waals surface area contributed by atoms with Crippen molar-refractivity contribution in [3.8, 4) is 0 Å². The quantitative estimate of drug-likeness (QED) is 0.813. The van der Waals surface area contributed by atoms with E-state index < -0.39 is 5.60 Å². The van der Waals surface area contributed by atoms with Gasteiger partial charge in [0.2, 0.25) is 0 Å². The van der Waals surface area contributed by atoms with Crippen LogP contribution in [0.5, 0.6) is 0 Å². The Morgan fingerprint density at radius 1 is 1.38 bits per heavy atom. The van der Waals surface area contributed by atoms with Crippen LogP contribution in [-0.4, -0.2) is 48.7 Å². The van der Waals surface area contributed by atoms with Gasteiger partial charge in [-0.1, -0.05) is 13.8 Å². The molecule has 4 heteroatoms. The molecule has 1 spiro atoms. The first-order valence-corrected chi connectivity index (χ1v) is 8.33. The topological polar surface area (TPSA) is 41.6 Å². The third kappa shape index (κ3) is 4.19. The molecular weight excluding hydrogens is 264 g/mol. The molecule has 0 aromatic heterocycles. The maximum absolute atomic E-state index is 12.7. The lowest BCUT2D eigenvalue weighted by Gasteiger charge is -2.44. The van der Waals surface area contributed by atoms with Gasteiger partial charge in [0.25, 0.3) is 0 Å².